The van der Waals surface area contributed by atoms with Gasteiger partial charge < -0.3 is 34.3 Å². The number of anilines is 1. The Morgan fingerprint density at radius 1 is 1.10 bits per heavy atom. The van der Waals surface area contributed by atoms with E-state index in [9.17, 15) is 34.5 Å². The summed E-state index contributed by atoms with van der Waals surface area (Å²) in [6.45, 7) is 5.91. The molecule has 13 heteroatoms. The van der Waals surface area contributed by atoms with Gasteiger partial charge in [-0.3, -0.25) is 19.3 Å². The maximum absolute atomic E-state index is 14.0. The van der Waals surface area contributed by atoms with Crippen LogP contribution in [0.15, 0.2) is 24.3 Å². The number of hydrogen-bond donors (Lipinski definition) is 3. The van der Waals surface area contributed by atoms with E-state index in [1.807, 2.05) is 6.92 Å². The van der Waals surface area contributed by atoms with Gasteiger partial charge in [0.15, 0.2) is 0 Å². The molecule has 5 saturated carbocycles. The number of amides is 2. The van der Waals surface area contributed by atoms with Crippen molar-refractivity contribution in [3.8, 4) is 0 Å². The van der Waals surface area contributed by atoms with E-state index >= 15 is 0 Å². The third-order valence-electron chi connectivity index (χ3n) is 14.3. The number of imide groups is 1. The van der Waals surface area contributed by atoms with Gasteiger partial charge in [0.2, 0.25) is 11.8 Å². The van der Waals surface area contributed by atoms with Crippen molar-refractivity contribution in [1.82, 2.24) is 4.90 Å². The van der Waals surface area contributed by atoms with Crippen molar-refractivity contribution in [2.24, 2.45) is 40.4 Å². The van der Waals surface area contributed by atoms with Crippen LogP contribution >= 0.6 is 0 Å². The van der Waals surface area contributed by atoms with E-state index in [4.69, 9.17) is 18.9 Å². The van der Waals surface area contributed by atoms with Crippen molar-refractivity contribution < 1.29 is 53.4 Å². The van der Waals surface area contributed by atoms with Crippen LogP contribution < -0.4 is 4.90 Å². The number of carbonyl (C=O) groups is 4. The minimum absolute atomic E-state index is 0.0360. The zero-order valence-electron chi connectivity index (χ0n) is 29.2. The molecular weight excluding hydrogens is 648 g/mol. The number of nitrogens with zero attached hydrogens (tertiary/aromatic N) is 2. The third-order valence-corrected chi connectivity index (χ3v) is 14.3. The van der Waals surface area contributed by atoms with Crippen LogP contribution in [0.5, 0.6) is 0 Å². The summed E-state index contributed by atoms with van der Waals surface area (Å²) in [5.41, 5.74) is -5.03. The van der Waals surface area contributed by atoms with E-state index in [1.165, 1.54) is 14.0 Å². The first kappa shape index (κ1) is 34.2. The first-order valence-electron chi connectivity index (χ1n) is 18.0. The number of hydrogen-bond acceptors (Lipinski definition) is 12. The van der Waals surface area contributed by atoms with E-state index in [1.54, 1.807) is 38.3 Å². The van der Waals surface area contributed by atoms with E-state index in [0.717, 1.165) is 4.90 Å². The van der Waals surface area contributed by atoms with Crippen molar-refractivity contribution in [2.75, 3.05) is 38.8 Å². The van der Waals surface area contributed by atoms with Gasteiger partial charge in [-0.1, -0.05) is 26.0 Å². The molecule has 14 atom stereocenters. The van der Waals surface area contributed by atoms with Crippen molar-refractivity contribution in [3.05, 3.63) is 29.8 Å². The average Bonchev–Trinajstić information content (AvgIpc) is 3.58. The van der Waals surface area contributed by atoms with Gasteiger partial charge in [0.1, 0.15) is 17.3 Å². The normalized spacial score (nSPS) is 47.1. The summed E-state index contributed by atoms with van der Waals surface area (Å²) in [5.74, 6) is -4.33. The fourth-order valence-electron chi connectivity index (χ4n) is 13.0. The molecule has 1 spiro atoms. The van der Waals surface area contributed by atoms with Gasteiger partial charge in [0, 0.05) is 75.0 Å². The van der Waals surface area contributed by atoms with Crippen LogP contribution in [-0.2, 0) is 33.3 Å². The third kappa shape index (κ3) is 3.94. The van der Waals surface area contributed by atoms with Gasteiger partial charge in [-0.05, 0) is 43.9 Å². The molecule has 7 bridgehead atoms. The Morgan fingerprint density at radius 2 is 1.84 bits per heavy atom. The van der Waals surface area contributed by atoms with Crippen LogP contribution in [0.25, 0.3) is 0 Å². The molecule has 1 aromatic rings. The molecular formula is C37H48N2O11. The number of aliphatic hydroxyl groups is 3. The molecule has 2 saturated heterocycles. The lowest BCUT2D eigenvalue weighted by Gasteiger charge is -2.70. The highest BCUT2D eigenvalue weighted by molar-refractivity contribution is 6.22. The lowest BCUT2D eigenvalue weighted by molar-refractivity contribution is -0.318. The van der Waals surface area contributed by atoms with Gasteiger partial charge in [-0.2, -0.15) is 0 Å². The Bertz CT molecular complexity index is 1640. The molecule has 1 aromatic carbocycles. The first-order chi connectivity index (χ1) is 23.8. The highest BCUT2D eigenvalue weighted by Gasteiger charge is 2.91. The molecule has 2 amide bonds. The monoisotopic (exact) mass is 696 g/mol. The van der Waals surface area contributed by atoms with Crippen LogP contribution in [0.2, 0.25) is 0 Å². The molecule has 8 rings (SSSR count). The minimum atomic E-state index is -1.90. The van der Waals surface area contributed by atoms with E-state index < -0.39 is 82.0 Å². The average molecular weight is 697 g/mol. The topological polar surface area (TPSA) is 172 Å². The minimum Gasteiger partial charge on any atom is -0.462 e. The van der Waals surface area contributed by atoms with Crippen molar-refractivity contribution >= 4 is 29.4 Å². The molecule has 0 radical (unpaired) electrons. The largest absolute Gasteiger partial charge is 0.462 e. The number of ether oxygens (including phenoxy) is 4. The van der Waals surface area contributed by atoms with Crippen LogP contribution in [0.3, 0.4) is 0 Å². The second-order valence-corrected chi connectivity index (χ2v) is 16.1. The van der Waals surface area contributed by atoms with Crippen molar-refractivity contribution in [1.29, 1.82) is 0 Å². The maximum Gasteiger partial charge on any atom is 0.340 e. The highest BCUT2D eigenvalue weighted by atomic mass is 16.5. The smallest absolute Gasteiger partial charge is 0.340 e. The summed E-state index contributed by atoms with van der Waals surface area (Å²) in [4.78, 5) is 55.3. The number of likely N-dealkylation sites (tertiary alicyclic amines) is 1. The summed E-state index contributed by atoms with van der Waals surface area (Å²) < 4.78 is 24.7. The molecule has 2 heterocycles. The van der Waals surface area contributed by atoms with Gasteiger partial charge >= 0.3 is 11.9 Å². The summed E-state index contributed by atoms with van der Waals surface area (Å²) >= 11 is 0. The molecule has 2 unspecified atom stereocenters. The van der Waals surface area contributed by atoms with E-state index in [0.29, 0.717) is 32.4 Å². The summed E-state index contributed by atoms with van der Waals surface area (Å²) in [6, 6.07) is 5.84. The first-order valence-corrected chi connectivity index (χ1v) is 18.0. The summed E-state index contributed by atoms with van der Waals surface area (Å²) in [5, 5.41) is 38.2. The number of rotatable bonds is 8. The Hall–Kier alpha value is -2.94. The maximum atomic E-state index is 14.0. The van der Waals surface area contributed by atoms with Crippen LogP contribution in [0.1, 0.15) is 63.2 Å². The van der Waals surface area contributed by atoms with Gasteiger partial charge in [0.05, 0.1) is 42.2 Å². The van der Waals surface area contributed by atoms with E-state index in [-0.39, 0.29) is 54.5 Å². The van der Waals surface area contributed by atoms with E-state index in [2.05, 4.69) is 4.90 Å². The predicted octanol–water partition coefficient (Wildman–Crippen LogP) is 1.30. The fourth-order valence-corrected chi connectivity index (χ4v) is 13.0. The molecule has 0 aromatic heterocycles. The van der Waals surface area contributed by atoms with Crippen LogP contribution in [-0.4, -0.2) is 120 Å². The Balaban J connectivity index is 1.22. The SMILES string of the molecule is CCN1C[C@]2(COC(=O)c3ccccc3N3C(=O)CC(C)C3=O)CC[C@H](OC)[C@]34C1[C@](O)([C@@H](OC)[C@H]23)[C@@]1(O)C[C@H](OC(C)=O)[C@H]2C[C@@H]4[C@@H]1[C@H]2O. The number of para-hydroxylation sites is 1. The molecule has 3 N–H and O–H groups in total. The molecule has 7 aliphatic rings. The molecule has 2 aliphatic heterocycles. The van der Waals surface area contributed by atoms with Crippen LogP contribution in [0, 0.1) is 40.4 Å². The number of likely N-dealkylation sites (N-methyl/N-ethyl adjacent to an activating group) is 1. The standard InChI is InChI=1S/C37H48N2O11/c1-6-38-16-34(17-49-32(44)20-9-7-8-10-23(20)39-26(41)13-18(2)31(39)43)12-11-25(47-4)36-22-14-21-24(50-19(3)40)15-35(45,27(22)28(21)42)37(46,33(36)38)30(48-5)29(34)36/h7-10,18,21-22,24-25,27-30,33,42,45-46H,6,11-17H2,1-5H3/t18?,21-,22-,24+,25+,27-,28+,29-,30+,33?,34+,35-,36+,37-/m1/s1. The molecule has 7 fully saturated rings. The Labute approximate surface area is 291 Å². The molecule has 50 heavy (non-hydrogen) atoms. The number of piperidine rings is 1. The van der Waals surface area contributed by atoms with Crippen molar-refractivity contribution in [2.45, 2.75) is 94.5 Å². The van der Waals surface area contributed by atoms with Crippen LogP contribution in [0.4, 0.5) is 5.69 Å². The lowest BCUT2D eigenvalue weighted by atomic mass is 9.42. The quantitative estimate of drug-likeness (QED) is 0.263. The van der Waals surface area contributed by atoms with Crippen molar-refractivity contribution in [3.63, 3.8) is 0 Å². The zero-order chi connectivity index (χ0) is 35.7. The number of carbonyl (C=O) groups excluding carboxylic acids is 4. The molecule has 5 aliphatic carbocycles. The lowest BCUT2D eigenvalue weighted by Crippen LogP contribution is -2.82. The number of aliphatic hydroxyl groups excluding tert-OH is 1. The number of methoxy groups -OCH3 is 2. The predicted molar refractivity (Wildman–Crippen MR) is 174 cm³/mol. The zero-order valence-corrected chi connectivity index (χ0v) is 29.2. The summed E-state index contributed by atoms with van der Waals surface area (Å²) in [6.07, 6.45) is -1.47. The molecule has 272 valence electrons. The Kier molecular flexibility index (Phi) is 7.71. The van der Waals surface area contributed by atoms with Gasteiger partial charge in [-0.25, -0.2) is 9.69 Å². The van der Waals surface area contributed by atoms with Gasteiger partial charge in [0.25, 0.3) is 0 Å². The second kappa shape index (κ2) is 11.3. The molecule has 13 nitrogen and oxygen atoms in total. The van der Waals surface area contributed by atoms with Gasteiger partial charge in [-0.15, -0.1) is 0 Å². The number of fused-ring (bicyclic) bond motifs is 2. The second-order valence-electron chi connectivity index (χ2n) is 16.1. The highest BCUT2D eigenvalue weighted by Crippen LogP contribution is 2.80. The Morgan fingerprint density at radius 3 is 2.48 bits per heavy atom. The number of benzene rings is 1. The summed E-state index contributed by atoms with van der Waals surface area (Å²) in [7, 11) is 3.19. The number of esters is 2. The fraction of sp³-hybridized carbons (Fsp3) is 0.730.